The molecule has 0 saturated carbocycles. The molecule has 1 aliphatic rings. The Morgan fingerprint density at radius 1 is 1.32 bits per heavy atom. The van der Waals surface area contributed by atoms with Crippen molar-refractivity contribution in [3.05, 3.63) is 33.4 Å². The van der Waals surface area contributed by atoms with E-state index in [1.165, 1.54) is 6.07 Å². The highest BCUT2D eigenvalue weighted by molar-refractivity contribution is 5.55. The van der Waals surface area contributed by atoms with Crippen LogP contribution < -0.4 is 5.32 Å². The van der Waals surface area contributed by atoms with E-state index in [2.05, 4.69) is 31.0 Å². The minimum Gasteiger partial charge on any atom is -0.507 e. The number of rotatable bonds is 3. The maximum absolute atomic E-state index is 11.5. The Kier molecular flexibility index (Phi) is 4.72. The number of hydrogen-bond donors (Lipinski definition) is 2. The third-order valence-corrected chi connectivity index (χ3v) is 4.20. The Morgan fingerprint density at radius 3 is 2.41 bits per heavy atom. The predicted molar refractivity (Wildman–Crippen MR) is 86.1 cm³/mol. The second-order valence-corrected chi connectivity index (χ2v) is 6.98. The number of phenols is 1. The van der Waals surface area contributed by atoms with E-state index in [1.807, 2.05) is 0 Å². The first-order valence-corrected chi connectivity index (χ1v) is 7.65. The number of aromatic hydroxyl groups is 1. The van der Waals surface area contributed by atoms with Gasteiger partial charge in [-0.05, 0) is 24.0 Å². The molecule has 0 amide bonds. The van der Waals surface area contributed by atoms with Gasteiger partial charge in [0, 0.05) is 32.2 Å². The number of nitro groups is 1. The molecule has 0 unspecified atom stereocenters. The van der Waals surface area contributed by atoms with Crippen LogP contribution in [0.15, 0.2) is 12.1 Å². The van der Waals surface area contributed by atoms with Gasteiger partial charge in [-0.2, -0.15) is 0 Å². The Hall–Kier alpha value is -1.66. The summed E-state index contributed by atoms with van der Waals surface area (Å²) < 4.78 is 0. The molecule has 6 nitrogen and oxygen atoms in total. The van der Waals surface area contributed by atoms with E-state index in [9.17, 15) is 15.2 Å². The first-order valence-electron chi connectivity index (χ1n) is 7.65. The maximum atomic E-state index is 11.5. The summed E-state index contributed by atoms with van der Waals surface area (Å²) >= 11 is 0. The molecule has 2 rings (SSSR count). The second kappa shape index (κ2) is 6.22. The Morgan fingerprint density at radius 2 is 1.91 bits per heavy atom. The molecule has 0 aliphatic carbocycles. The van der Waals surface area contributed by atoms with Crippen LogP contribution in [-0.4, -0.2) is 41.1 Å². The first-order chi connectivity index (χ1) is 10.2. The van der Waals surface area contributed by atoms with Crippen LogP contribution in [0.3, 0.4) is 0 Å². The summed E-state index contributed by atoms with van der Waals surface area (Å²) in [6, 6.07) is 2.91. The molecule has 0 aromatic heterocycles. The van der Waals surface area contributed by atoms with Gasteiger partial charge in [-0.25, -0.2) is 0 Å². The largest absolute Gasteiger partial charge is 0.507 e. The van der Waals surface area contributed by atoms with Crippen molar-refractivity contribution in [3.63, 3.8) is 0 Å². The Balaban J connectivity index is 2.61. The number of aryl methyl sites for hydroxylation is 1. The fourth-order valence-electron chi connectivity index (χ4n) is 3.24. The molecular formula is C16H25N3O3. The molecule has 1 atom stereocenters. The Labute approximate surface area is 131 Å². The summed E-state index contributed by atoms with van der Waals surface area (Å²) in [7, 11) is 0. The van der Waals surface area contributed by atoms with Crippen molar-refractivity contribution in [1.82, 2.24) is 10.2 Å². The number of nitro benzene ring substituents is 1. The molecule has 1 heterocycles. The van der Waals surface area contributed by atoms with E-state index in [4.69, 9.17) is 0 Å². The van der Waals surface area contributed by atoms with Crippen molar-refractivity contribution in [2.45, 2.75) is 33.7 Å². The van der Waals surface area contributed by atoms with Crippen LogP contribution in [0.5, 0.6) is 5.75 Å². The summed E-state index contributed by atoms with van der Waals surface area (Å²) in [6.45, 7) is 11.3. The summed E-state index contributed by atoms with van der Waals surface area (Å²) in [5.74, 6) is 0.0488. The van der Waals surface area contributed by atoms with Gasteiger partial charge < -0.3 is 10.4 Å². The van der Waals surface area contributed by atoms with Gasteiger partial charge in [-0.1, -0.05) is 20.8 Å². The molecule has 0 radical (unpaired) electrons. The second-order valence-electron chi connectivity index (χ2n) is 6.98. The van der Waals surface area contributed by atoms with Crippen LogP contribution >= 0.6 is 0 Å². The lowest BCUT2D eigenvalue weighted by atomic mass is 9.79. The van der Waals surface area contributed by atoms with Crippen LogP contribution in [0.4, 0.5) is 5.69 Å². The highest BCUT2D eigenvalue weighted by Crippen LogP contribution is 2.46. The normalized spacial score (nSPS) is 18.2. The minimum atomic E-state index is -0.393. The van der Waals surface area contributed by atoms with Crippen LogP contribution in [0.25, 0.3) is 0 Å². The van der Waals surface area contributed by atoms with Crippen molar-refractivity contribution < 1.29 is 10.0 Å². The van der Waals surface area contributed by atoms with Gasteiger partial charge in [0.15, 0.2) is 0 Å². The third-order valence-electron chi connectivity index (χ3n) is 4.20. The summed E-state index contributed by atoms with van der Waals surface area (Å²) in [5.41, 5.74) is 0.888. The van der Waals surface area contributed by atoms with Gasteiger partial charge in [-0.3, -0.25) is 15.0 Å². The van der Waals surface area contributed by atoms with Crippen LogP contribution in [0, 0.1) is 22.5 Å². The maximum Gasteiger partial charge on any atom is 0.277 e. The van der Waals surface area contributed by atoms with Crippen LogP contribution in [0.2, 0.25) is 0 Å². The van der Waals surface area contributed by atoms with E-state index in [-0.39, 0.29) is 22.9 Å². The average Bonchev–Trinajstić information content (AvgIpc) is 2.43. The summed E-state index contributed by atoms with van der Waals surface area (Å²) in [6.07, 6.45) is 0. The van der Waals surface area contributed by atoms with E-state index in [0.29, 0.717) is 11.1 Å². The van der Waals surface area contributed by atoms with Crippen molar-refractivity contribution in [2.24, 2.45) is 5.41 Å². The van der Waals surface area contributed by atoms with Gasteiger partial charge in [-0.15, -0.1) is 0 Å². The van der Waals surface area contributed by atoms with Gasteiger partial charge in [0.05, 0.1) is 16.5 Å². The lowest BCUT2D eigenvalue weighted by molar-refractivity contribution is -0.386. The fraction of sp³-hybridized carbons (Fsp3) is 0.625. The quantitative estimate of drug-likeness (QED) is 0.663. The minimum absolute atomic E-state index is 0.00144. The molecule has 1 aromatic rings. The SMILES string of the molecule is Cc1ccc([N+](=O)[O-])c([C@@H](N2CCNCC2)C(C)(C)C)c1O. The number of nitrogens with zero attached hydrogens (tertiary/aromatic N) is 2. The predicted octanol–water partition coefficient (Wildman–Crippen LogP) is 2.60. The van der Waals surface area contributed by atoms with Gasteiger partial charge in [0.2, 0.25) is 0 Å². The van der Waals surface area contributed by atoms with Crippen molar-refractivity contribution >= 4 is 5.69 Å². The molecule has 2 N–H and O–H groups in total. The number of phenolic OH excluding ortho intramolecular Hbond substituents is 1. The summed E-state index contributed by atoms with van der Waals surface area (Å²) in [4.78, 5) is 13.3. The number of nitrogens with one attached hydrogen (secondary N) is 1. The monoisotopic (exact) mass is 307 g/mol. The van der Waals surface area contributed by atoms with E-state index in [0.717, 1.165) is 26.2 Å². The molecule has 6 heteroatoms. The van der Waals surface area contributed by atoms with E-state index >= 15 is 0 Å². The molecule has 1 saturated heterocycles. The van der Waals surface area contributed by atoms with Crippen molar-refractivity contribution in [1.29, 1.82) is 0 Å². The topological polar surface area (TPSA) is 78.6 Å². The molecular weight excluding hydrogens is 282 g/mol. The lowest BCUT2D eigenvalue weighted by Gasteiger charge is -2.42. The molecule has 1 aromatic carbocycles. The summed E-state index contributed by atoms with van der Waals surface area (Å²) in [5, 5.41) is 25.3. The zero-order valence-corrected chi connectivity index (χ0v) is 13.7. The molecule has 22 heavy (non-hydrogen) atoms. The van der Waals surface area contributed by atoms with Gasteiger partial charge in [0.25, 0.3) is 5.69 Å². The number of piperazine rings is 1. The smallest absolute Gasteiger partial charge is 0.277 e. The number of benzene rings is 1. The molecule has 0 spiro atoms. The van der Waals surface area contributed by atoms with Gasteiger partial charge >= 0.3 is 0 Å². The molecule has 1 fully saturated rings. The highest BCUT2D eigenvalue weighted by atomic mass is 16.6. The lowest BCUT2D eigenvalue weighted by Crippen LogP contribution is -2.48. The Bertz CT molecular complexity index is 560. The average molecular weight is 307 g/mol. The van der Waals surface area contributed by atoms with Crippen LogP contribution in [-0.2, 0) is 0 Å². The standard InChI is InChI=1S/C16H25N3O3/c1-11-5-6-12(19(21)22)13(14(11)20)15(16(2,3)4)18-9-7-17-8-10-18/h5-6,15,17,20H,7-10H2,1-4H3/t15-/m1/s1. The highest BCUT2D eigenvalue weighted by Gasteiger charge is 2.39. The third kappa shape index (κ3) is 3.23. The number of hydrogen-bond acceptors (Lipinski definition) is 5. The fourth-order valence-corrected chi connectivity index (χ4v) is 3.24. The molecule has 122 valence electrons. The van der Waals surface area contributed by atoms with E-state index in [1.54, 1.807) is 13.0 Å². The zero-order chi connectivity index (χ0) is 16.5. The molecule has 0 bridgehead atoms. The zero-order valence-electron chi connectivity index (χ0n) is 13.7. The van der Waals surface area contributed by atoms with Crippen molar-refractivity contribution in [3.8, 4) is 5.75 Å². The van der Waals surface area contributed by atoms with E-state index < -0.39 is 4.92 Å². The van der Waals surface area contributed by atoms with Crippen molar-refractivity contribution in [2.75, 3.05) is 26.2 Å². The first kappa shape index (κ1) is 16.7. The van der Waals surface area contributed by atoms with Crippen LogP contribution in [0.1, 0.15) is 37.9 Å². The van der Waals surface area contributed by atoms with Gasteiger partial charge in [0.1, 0.15) is 5.75 Å². The molecule has 1 aliphatic heterocycles.